The average Bonchev–Trinajstić information content (AvgIpc) is 3.42. The number of anilines is 4. The topological polar surface area (TPSA) is 170 Å². The lowest BCUT2D eigenvalue weighted by Crippen LogP contribution is -2.50. The first-order valence-electron chi connectivity index (χ1n) is 13.6. The Hall–Kier alpha value is -4.92. The van der Waals surface area contributed by atoms with Gasteiger partial charge in [0.15, 0.2) is 23.1 Å². The van der Waals surface area contributed by atoms with Crippen molar-refractivity contribution in [3.05, 3.63) is 60.0 Å². The van der Waals surface area contributed by atoms with E-state index in [9.17, 15) is 9.59 Å². The van der Waals surface area contributed by atoms with E-state index in [4.69, 9.17) is 9.47 Å². The van der Waals surface area contributed by atoms with Crippen molar-refractivity contribution in [2.45, 2.75) is 18.7 Å². The minimum absolute atomic E-state index is 0.00549. The number of aromatic nitrogens is 6. The number of carbonyl (C=O) groups excluding carboxylic acids is 2. The number of hydrogen-bond donors (Lipinski definition) is 4. The van der Waals surface area contributed by atoms with Crippen LogP contribution < -0.4 is 26.0 Å². The van der Waals surface area contributed by atoms with Gasteiger partial charge in [-0.1, -0.05) is 6.07 Å². The first-order valence-corrected chi connectivity index (χ1v) is 13.6. The molecule has 0 saturated carbocycles. The molecule has 14 nitrogen and oxygen atoms in total. The van der Waals surface area contributed by atoms with Crippen LogP contribution >= 0.6 is 0 Å². The Morgan fingerprint density at radius 3 is 2.44 bits per heavy atom. The van der Waals surface area contributed by atoms with Gasteiger partial charge in [-0.3, -0.25) is 14.3 Å². The first kappa shape index (κ1) is 31.0. The van der Waals surface area contributed by atoms with E-state index in [1.54, 1.807) is 23.9 Å². The summed E-state index contributed by atoms with van der Waals surface area (Å²) >= 11 is 0. The van der Waals surface area contributed by atoms with Gasteiger partial charge in [0.25, 0.3) is 5.91 Å². The first-order chi connectivity index (χ1) is 20.6. The third kappa shape index (κ3) is 8.55. The quantitative estimate of drug-likeness (QED) is 0.142. The minimum Gasteiger partial charge on any atom is -0.494 e. The van der Waals surface area contributed by atoms with Crippen LogP contribution in [0, 0.1) is 6.92 Å². The summed E-state index contributed by atoms with van der Waals surface area (Å²) in [5.41, 5.74) is 3.25. The molecular weight excluding hydrogens is 549 g/mol. The van der Waals surface area contributed by atoms with Crippen molar-refractivity contribution in [3.8, 4) is 17.0 Å². The van der Waals surface area contributed by atoms with Crippen molar-refractivity contribution in [2.24, 2.45) is 0 Å². The maximum Gasteiger partial charge on any atom is 0.272 e. The second-order valence-electron chi connectivity index (χ2n) is 10.6. The third-order valence-corrected chi connectivity index (χ3v) is 5.90. The molecule has 0 aliphatic heterocycles. The lowest BCUT2D eigenvalue weighted by Gasteiger charge is -2.22. The molecule has 220 valence electrons. The molecule has 43 heavy (non-hydrogen) atoms. The van der Waals surface area contributed by atoms with Gasteiger partial charge in [-0.15, -0.1) is 15.3 Å². The van der Waals surface area contributed by atoms with Crippen LogP contribution in [0.3, 0.4) is 0 Å². The zero-order valence-corrected chi connectivity index (χ0v) is 25.1. The molecule has 0 saturated heterocycles. The summed E-state index contributed by atoms with van der Waals surface area (Å²) < 4.78 is 12.4. The predicted molar refractivity (Wildman–Crippen MR) is 170 cm³/mol. The van der Waals surface area contributed by atoms with Gasteiger partial charge in [0.1, 0.15) is 30.1 Å². The molecule has 3 heterocycles. The molecule has 2 amide bonds. The van der Waals surface area contributed by atoms with Gasteiger partial charge in [-0.2, -0.15) is 10.2 Å². The molecule has 0 spiro atoms. The number of amides is 2. The largest absolute Gasteiger partial charge is 0.494 e. The van der Waals surface area contributed by atoms with E-state index in [2.05, 4.69) is 46.8 Å². The van der Waals surface area contributed by atoms with Gasteiger partial charge in [0.2, 0.25) is 5.91 Å². The molecule has 0 unspecified atom stereocenters. The summed E-state index contributed by atoms with van der Waals surface area (Å²) in [4.78, 5) is 24.9. The fourth-order valence-corrected chi connectivity index (χ4v) is 4.04. The molecule has 0 fully saturated rings. The maximum atomic E-state index is 13.2. The van der Waals surface area contributed by atoms with E-state index in [-0.39, 0.29) is 18.2 Å². The standard InChI is InChI=1S/C26H33B3N10O4/c1-15-7-8-20(35-34-15)32-21-13-19(23(37-36-21)25(41)33-26(27,28)29)31-18-6-4-5-16(24(18)43-3)17-9-11-39(38-17)12-10-30-22(40)14-42-2/h4-9,11,13H,10,12,14,27-29H2,1-3H3,(H,30,40)(H,33,41)(H2,31,32,35,36). The molecule has 4 aromatic rings. The molecule has 3 aromatic heterocycles. The lowest BCUT2D eigenvalue weighted by molar-refractivity contribution is -0.124. The van der Waals surface area contributed by atoms with Crippen molar-refractivity contribution in [3.63, 3.8) is 0 Å². The Balaban J connectivity index is 1.63. The Labute approximate surface area is 252 Å². The SMILES string of the molecule is BC(B)(B)NC(=O)c1nnc(Nc2ccc(C)nn2)cc1Nc1cccc(-c2ccn(CCNC(=O)COC)n2)c1OC. The van der Waals surface area contributed by atoms with E-state index >= 15 is 0 Å². The summed E-state index contributed by atoms with van der Waals surface area (Å²) in [6.07, 6.45) is 1.82. The van der Waals surface area contributed by atoms with Crippen LogP contribution in [-0.2, 0) is 16.1 Å². The Morgan fingerprint density at radius 2 is 1.74 bits per heavy atom. The smallest absolute Gasteiger partial charge is 0.272 e. The summed E-state index contributed by atoms with van der Waals surface area (Å²) in [5.74, 6) is 0.766. The Kier molecular flexibility index (Phi) is 9.98. The monoisotopic (exact) mass is 582 g/mol. The minimum atomic E-state index is -0.493. The highest BCUT2D eigenvalue weighted by Crippen LogP contribution is 2.38. The fraction of sp³-hybridized carbons (Fsp3) is 0.269. The van der Waals surface area contributed by atoms with Crippen LogP contribution in [0.4, 0.5) is 23.0 Å². The number of nitrogens with one attached hydrogen (secondary N) is 4. The van der Waals surface area contributed by atoms with Gasteiger partial charge >= 0.3 is 0 Å². The maximum absolute atomic E-state index is 13.2. The second kappa shape index (κ2) is 13.8. The van der Waals surface area contributed by atoms with Crippen LogP contribution in [0.25, 0.3) is 11.3 Å². The number of carbonyl (C=O) groups is 2. The number of benzene rings is 1. The molecule has 0 aliphatic rings. The van der Waals surface area contributed by atoms with E-state index in [1.165, 1.54) is 7.11 Å². The van der Waals surface area contributed by atoms with E-state index < -0.39 is 11.1 Å². The van der Waals surface area contributed by atoms with Crippen LogP contribution in [0.5, 0.6) is 5.75 Å². The van der Waals surface area contributed by atoms with Gasteiger partial charge in [0.05, 0.1) is 36.4 Å². The summed E-state index contributed by atoms with van der Waals surface area (Å²) in [6, 6.07) is 12.7. The molecule has 4 N–H and O–H groups in total. The van der Waals surface area contributed by atoms with Gasteiger partial charge in [-0.05, 0) is 42.5 Å². The molecule has 4 rings (SSSR count). The summed E-state index contributed by atoms with van der Waals surface area (Å²) in [5, 5.41) is 32.9. The summed E-state index contributed by atoms with van der Waals surface area (Å²) in [7, 11) is 8.69. The van der Waals surface area contributed by atoms with Crippen molar-refractivity contribution in [1.29, 1.82) is 0 Å². The fourth-order valence-electron chi connectivity index (χ4n) is 4.04. The van der Waals surface area contributed by atoms with Gasteiger partial charge in [-0.25, -0.2) is 0 Å². The van der Waals surface area contributed by atoms with Crippen LogP contribution in [0.1, 0.15) is 16.2 Å². The predicted octanol–water partition coefficient (Wildman–Crippen LogP) is -1.06. The molecule has 0 aliphatic carbocycles. The average molecular weight is 582 g/mol. The number of nitrogens with zero attached hydrogens (tertiary/aromatic N) is 6. The number of methoxy groups -OCH3 is 2. The molecule has 0 bridgehead atoms. The molecule has 0 radical (unpaired) electrons. The zero-order chi connectivity index (χ0) is 31.0. The zero-order valence-electron chi connectivity index (χ0n) is 25.1. The normalized spacial score (nSPS) is 11.0. The highest BCUT2D eigenvalue weighted by atomic mass is 16.5. The number of aryl methyl sites for hydroxylation is 1. The van der Waals surface area contributed by atoms with Crippen molar-refractivity contribution >= 4 is 58.4 Å². The molecule has 0 atom stereocenters. The van der Waals surface area contributed by atoms with E-state index in [0.717, 1.165) is 11.3 Å². The highest BCUT2D eigenvalue weighted by Gasteiger charge is 2.22. The molecule has 1 aromatic carbocycles. The van der Waals surface area contributed by atoms with Crippen LogP contribution in [-0.4, -0.2) is 98.1 Å². The second-order valence-corrected chi connectivity index (χ2v) is 10.6. The van der Waals surface area contributed by atoms with E-state index in [1.807, 2.05) is 67.0 Å². The summed E-state index contributed by atoms with van der Waals surface area (Å²) in [6.45, 7) is 2.73. The number of ether oxygens (including phenoxy) is 2. The number of para-hydroxylation sites is 1. The highest BCUT2D eigenvalue weighted by molar-refractivity contribution is 6.60. The molecular formula is C26H33B3N10O4. The van der Waals surface area contributed by atoms with Crippen LogP contribution in [0.15, 0.2) is 48.7 Å². The van der Waals surface area contributed by atoms with Crippen molar-refractivity contribution in [2.75, 3.05) is 38.0 Å². The van der Waals surface area contributed by atoms with Crippen molar-refractivity contribution < 1.29 is 19.1 Å². The lowest BCUT2D eigenvalue weighted by atomic mass is 9.49. The molecule has 17 heteroatoms. The van der Waals surface area contributed by atoms with Crippen LogP contribution in [0.2, 0.25) is 0 Å². The Morgan fingerprint density at radius 1 is 0.953 bits per heavy atom. The van der Waals surface area contributed by atoms with Gasteiger partial charge in [0, 0.05) is 31.5 Å². The Bertz CT molecular complexity index is 1580. The number of hydrogen-bond acceptors (Lipinski definition) is 11. The number of rotatable bonds is 13. The van der Waals surface area contributed by atoms with Gasteiger partial charge < -0.3 is 30.7 Å². The van der Waals surface area contributed by atoms with Crippen molar-refractivity contribution in [1.82, 2.24) is 40.8 Å². The van der Waals surface area contributed by atoms with E-state index in [0.29, 0.717) is 47.5 Å². The third-order valence-electron chi connectivity index (χ3n) is 5.90.